The van der Waals surface area contributed by atoms with Gasteiger partial charge in [-0.2, -0.15) is 0 Å². The Morgan fingerprint density at radius 1 is 0.750 bits per heavy atom. The minimum absolute atomic E-state index is 0. The number of allylic oxidation sites excluding steroid dienone is 2. The van der Waals surface area contributed by atoms with E-state index >= 15 is 0 Å². The van der Waals surface area contributed by atoms with E-state index in [9.17, 15) is 5.11 Å². The van der Waals surface area contributed by atoms with Gasteiger partial charge in [0, 0.05) is 6.54 Å². The van der Waals surface area contributed by atoms with Gasteiger partial charge in [0.1, 0.15) is 0 Å². The Labute approximate surface area is 158 Å². The molecule has 1 unspecified atom stereocenters. The molecule has 0 aromatic rings. The van der Waals surface area contributed by atoms with Gasteiger partial charge in [-0.1, -0.05) is 83.3 Å². The Morgan fingerprint density at radius 3 is 1.71 bits per heavy atom. The van der Waals surface area contributed by atoms with Crippen molar-refractivity contribution >= 4 is 12.4 Å². The van der Waals surface area contributed by atoms with Crippen molar-refractivity contribution in [3.63, 3.8) is 0 Å². The number of hydrogen-bond donors (Lipinski definition) is 2. The van der Waals surface area contributed by atoms with Crippen molar-refractivity contribution in [2.24, 2.45) is 0 Å². The summed E-state index contributed by atoms with van der Waals surface area (Å²) in [5.74, 6) is 0. The number of likely N-dealkylation sites (N-methyl/N-ethyl adjacent to an activating group) is 1. The molecule has 1 atom stereocenters. The molecule has 0 radical (unpaired) electrons. The van der Waals surface area contributed by atoms with Gasteiger partial charge in [0.05, 0.1) is 6.10 Å². The highest BCUT2D eigenvalue weighted by atomic mass is 35.5. The molecule has 0 amide bonds. The number of nitrogens with one attached hydrogen (secondary N) is 1. The van der Waals surface area contributed by atoms with Crippen molar-refractivity contribution in [1.82, 2.24) is 5.32 Å². The summed E-state index contributed by atoms with van der Waals surface area (Å²) in [6, 6.07) is 0. The van der Waals surface area contributed by atoms with Crippen molar-refractivity contribution in [3.8, 4) is 0 Å². The van der Waals surface area contributed by atoms with Crippen LogP contribution in [0.3, 0.4) is 0 Å². The van der Waals surface area contributed by atoms with Crippen LogP contribution in [0.4, 0.5) is 0 Å². The van der Waals surface area contributed by atoms with Crippen LogP contribution in [0.25, 0.3) is 0 Å². The number of rotatable bonds is 18. The van der Waals surface area contributed by atoms with Gasteiger partial charge < -0.3 is 10.4 Å². The molecule has 3 heteroatoms. The lowest BCUT2D eigenvalue weighted by atomic mass is 10.1. The summed E-state index contributed by atoms with van der Waals surface area (Å²) in [5.41, 5.74) is 0. The molecule has 0 saturated heterocycles. The van der Waals surface area contributed by atoms with Crippen LogP contribution in [0.2, 0.25) is 0 Å². The van der Waals surface area contributed by atoms with Crippen molar-refractivity contribution < 1.29 is 5.11 Å². The van der Waals surface area contributed by atoms with Crippen molar-refractivity contribution in [3.05, 3.63) is 12.2 Å². The molecule has 0 aliphatic heterocycles. The number of halogens is 1. The Kier molecular flexibility index (Phi) is 25.0. The summed E-state index contributed by atoms with van der Waals surface area (Å²) < 4.78 is 0. The van der Waals surface area contributed by atoms with Gasteiger partial charge in [-0.15, -0.1) is 12.4 Å². The van der Waals surface area contributed by atoms with Crippen molar-refractivity contribution in [1.29, 1.82) is 0 Å². The van der Waals surface area contributed by atoms with E-state index in [1.54, 1.807) is 0 Å². The molecule has 0 fully saturated rings. The summed E-state index contributed by atoms with van der Waals surface area (Å²) in [6.45, 7) is 3.00. The maximum Gasteiger partial charge on any atom is 0.0664 e. The first kappa shape index (κ1) is 26.2. The molecule has 0 spiro atoms. The zero-order valence-corrected chi connectivity index (χ0v) is 17.2. The molecule has 0 rings (SSSR count). The van der Waals surface area contributed by atoms with Gasteiger partial charge in [-0.25, -0.2) is 0 Å². The van der Waals surface area contributed by atoms with Gasteiger partial charge >= 0.3 is 0 Å². The monoisotopic (exact) mass is 361 g/mol. The predicted molar refractivity (Wildman–Crippen MR) is 111 cm³/mol. The van der Waals surface area contributed by atoms with Gasteiger partial charge in [-0.3, -0.25) is 0 Å². The van der Waals surface area contributed by atoms with Crippen LogP contribution in [0.5, 0.6) is 0 Å². The standard InChI is InChI=1S/C21H43NO.ClH/c1-3-4-5-6-7-8-9-10-11-12-13-14-15-16-17-18-19-21(23)20-22-2;/h10-11,21-23H,3-9,12-20H2,1-2H3;1H/b11-10-;. The molecule has 146 valence electrons. The van der Waals surface area contributed by atoms with E-state index in [0.29, 0.717) is 0 Å². The van der Waals surface area contributed by atoms with E-state index in [1.165, 1.54) is 89.9 Å². The summed E-state index contributed by atoms with van der Waals surface area (Å²) in [4.78, 5) is 0. The number of unbranched alkanes of at least 4 members (excludes halogenated alkanes) is 12. The topological polar surface area (TPSA) is 32.3 Å². The van der Waals surface area contributed by atoms with Gasteiger partial charge in [0.15, 0.2) is 0 Å². The highest BCUT2D eigenvalue weighted by Gasteiger charge is 2.01. The van der Waals surface area contributed by atoms with Crippen LogP contribution >= 0.6 is 12.4 Å². The van der Waals surface area contributed by atoms with Gasteiger partial charge in [-0.05, 0) is 39.2 Å². The molecule has 0 aromatic heterocycles. The molecular weight excluding hydrogens is 318 g/mol. The van der Waals surface area contributed by atoms with Crippen LogP contribution in [0.15, 0.2) is 12.2 Å². The van der Waals surface area contributed by atoms with Crippen LogP contribution in [0.1, 0.15) is 103 Å². The Balaban J connectivity index is 0. The molecule has 0 aromatic carbocycles. The van der Waals surface area contributed by atoms with Crippen LogP contribution in [-0.2, 0) is 0 Å². The molecule has 0 aliphatic rings. The van der Waals surface area contributed by atoms with E-state index in [0.717, 1.165) is 13.0 Å². The molecule has 24 heavy (non-hydrogen) atoms. The van der Waals surface area contributed by atoms with E-state index in [2.05, 4.69) is 24.4 Å². The fourth-order valence-electron chi connectivity index (χ4n) is 2.97. The summed E-state index contributed by atoms with van der Waals surface area (Å²) in [5, 5.41) is 12.6. The van der Waals surface area contributed by atoms with Crippen LogP contribution < -0.4 is 5.32 Å². The van der Waals surface area contributed by atoms with Crippen LogP contribution in [0, 0.1) is 0 Å². The second kappa shape index (κ2) is 22.9. The normalized spacial score (nSPS) is 12.5. The second-order valence-corrected chi connectivity index (χ2v) is 6.94. The largest absolute Gasteiger partial charge is 0.392 e. The highest BCUT2D eigenvalue weighted by molar-refractivity contribution is 5.85. The average molecular weight is 362 g/mol. The molecule has 0 heterocycles. The molecule has 2 N–H and O–H groups in total. The SMILES string of the molecule is CCCCCCCC/C=C\CCCCCCCCC(O)CNC.Cl. The Morgan fingerprint density at radius 2 is 1.21 bits per heavy atom. The molecule has 2 nitrogen and oxygen atoms in total. The molecule has 0 aliphatic carbocycles. The third-order valence-corrected chi connectivity index (χ3v) is 4.49. The number of aliphatic hydroxyl groups excluding tert-OH is 1. The minimum Gasteiger partial charge on any atom is -0.392 e. The van der Waals surface area contributed by atoms with E-state index < -0.39 is 0 Å². The Hall–Kier alpha value is -0.0500. The first-order valence-corrected chi connectivity index (χ1v) is 10.3. The molecule has 0 saturated carbocycles. The third kappa shape index (κ3) is 21.9. The second-order valence-electron chi connectivity index (χ2n) is 6.94. The predicted octanol–water partition coefficient (Wildman–Crippen LogP) is 6.42. The zero-order chi connectivity index (χ0) is 17.0. The van der Waals surface area contributed by atoms with Crippen molar-refractivity contribution in [2.75, 3.05) is 13.6 Å². The van der Waals surface area contributed by atoms with Crippen molar-refractivity contribution in [2.45, 2.75) is 109 Å². The van der Waals surface area contributed by atoms with Gasteiger partial charge in [0.25, 0.3) is 0 Å². The molecule has 0 bridgehead atoms. The maximum atomic E-state index is 9.59. The van der Waals surface area contributed by atoms with E-state index in [4.69, 9.17) is 0 Å². The fourth-order valence-corrected chi connectivity index (χ4v) is 2.97. The van der Waals surface area contributed by atoms with Crippen LogP contribution in [-0.4, -0.2) is 24.8 Å². The number of aliphatic hydroxyl groups is 1. The van der Waals surface area contributed by atoms with E-state index in [1.807, 2.05) is 7.05 Å². The lowest BCUT2D eigenvalue weighted by Crippen LogP contribution is -2.23. The quantitative estimate of drug-likeness (QED) is 0.218. The number of hydrogen-bond acceptors (Lipinski definition) is 2. The Bertz CT molecular complexity index is 246. The third-order valence-electron chi connectivity index (χ3n) is 4.49. The summed E-state index contributed by atoms with van der Waals surface area (Å²) in [7, 11) is 1.89. The highest BCUT2D eigenvalue weighted by Crippen LogP contribution is 2.11. The fraction of sp³-hybridized carbons (Fsp3) is 0.905. The lowest BCUT2D eigenvalue weighted by molar-refractivity contribution is 0.160. The summed E-state index contributed by atoms with van der Waals surface area (Å²) >= 11 is 0. The maximum absolute atomic E-state index is 9.59. The summed E-state index contributed by atoms with van der Waals surface area (Å²) in [6.07, 6.45) is 24.3. The average Bonchev–Trinajstić information content (AvgIpc) is 2.54. The smallest absolute Gasteiger partial charge is 0.0664 e. The van der Waals surface area contributed by atoms with E-state index in [-0.39, 0.29) is 18.5 Å². The van der Waals surface area contributed by atoms with Gasteiger partial charge in [0.2, 0.25) is 0 Å². The minimum atomic E-state index is -0.156. The zero-order valence-electron chi connectivity index (χ0n) is 16.4. The first-order valence-electron chi connectivity index (χ1n) is 10.3. The lowest BCUT2D eigenvalue weighted by Gasteiger charge is -2.08. The first-order chi connectivity index (χ1) is 11.3. The molecular formula is C21H44ClNO.